The zero-order valence-corrected chi connectivity index (χ0v) is 14.4. The van der Waals surface area contributed by atoms with E-state index in [1.165, 1.54) is 24.0 Å². The molecule has 2 aromatic rings. The summed E-state index contributed by atoms with van der Waals surface area (Å²) in [4.78, 5) is 25.7. The van der Waals surface area contributed by atoms with Crippen LogP contribution in [0.3, 0.4) is 0 Å². The van der Waals surface area contributed by atoms with Crippen molar-refractivity contribution >= 4 is 17.7 Å². The van der Waals surface area contributed by atoms with Gasteiger partial charge in [0.25, 0.3) is 5.56 Å². The molecule has 0 saturated carbocycles. The summed E-state index contributed by atoms with van der Waals surface area (Å²) in [7, 11) is 1.63. The summed E-state index contributed by atoms with van der Waals surface area (Å²) in [5.41, 5.74) is 0.415. The molecule has 0 saturated heterocycles. The second-order valence-corrected chi connectivity index (χ2v) is 6.64. The topological polar surface area (TPSA) is 94.1 Å². The maximum atomic E-state index is 13.2. The standard InChI is InChI=1S/C15H18FN5O2S/c1-9-13(22)21(17)15(19-18-9)24-10(2)14(23)20(3)8-11-5-4-6-12(16)7-11/h4-7,10H,8,17H2,1-3H3/t10-/m1/s1. The number of thioether (sulfide) groups is 1. The molecule has 0 unspecified atom stereocenters. The number of rotatable bonds is 5. The highest BCUT2D eigenvalue weighted by Gasteiger charge is 2.21. The second-order valence-electron chi connectivity index (χ2n) is 5.33. The fraction of sp³-hybridized carbons (Fsp3) is 0.333. The summed E-state index contributed by atoms with van der Waals surface area (Å²) < 4.78 is 14.1. The van der Waals surface area contributed by atoms with E-state index in [-0.39, 0.29) is 29.1 Å². The van der Waals surface area contributed by atoms with Crippen LogP contribution in [0.5, 0.6) is 0 Å². The Morgan fingerprint density at radius 2 is 2.17 bits per heavy atom. The van der Waals surface area contributed by atoms with Crippen LogP contribution >= 0.6 is 11.8 Å². The van der Waals surface area contributed by atoms with E-state index in [2.05, 4.69) is 10.2 Å². The van der Waals surface area contributed by atoms with Gasteiger partial charge in [0.2, 0.25) is 11.1 Å². The normalized spacial score (nSPS) is 12.0. The van der Waals surface area contributed by atoms with Crippen molar-refractivity contribution in [3.63, 3.8) is 0 Å². The quantitative estimate of drug-likeness (QED) is 0.636. The summed E-state index contributed by atoms with van der Waals surface area (Å²) in [6.45, 7) is 3.46. The van der Waals surface area contributed by atoms with Gasteiger partial charge in [-0.3, -0.25) is 9.59 Å². The first kappa shape index (κ1) is 17.9. The average Bonchev–Trinajstić information content (AvgIpc) is 2.54. The van der Waals surface area contributed by atoms with Crippen LogP contribution in [-0.4, -0.2) is 38.0 Å². The van der Waals surface area contributed by atoms with E-state index >= 15 is 0 Å². The van der Waals surface area contributed by atoms with Gasteiger partial charge in [-0.15, -0.1) is 10.2 Å². The highest BCUT2D eigenvalue weighted by atomic mass is 32.2. The van der Waals surface area contributed by atoms with E-state index in [1.807, 2.05) is 0 Å². The van der Waals surface area contributed by atoms with Crippen LogP contribution in [0.25, 0.3) is 0 Å². The number of amides is 1. The SMILES string of the molecule is Cc1nnc(S[C@H](C)C(=O)N(C)Cc2cccc(F)c2)n(N)c1=O. The van der Waals surface area contributed by atoms with E-state index in [4.69, 9.17) is 5.84 Å². The molecule has 9 heteroatoms. The summed E-state index contributed by atoms with van der Waals surface area (Å²) >= 11 is 1.04. The Bertz CT molecular complexity index is 811. The van der Waals surface area contributed by atoms with Crippen molar-refractivity contribution in [3.8, 4) is 0 Å². The van der Waals surface area contributed by atoms with Gasteiger partial charge in [0.05, 0.1) is 5.25 Å². The molecule has 0 aliphatic carbocycles. The number of aromatic nitrogens is 3. The molecule has 7 nitrogen and oxygen atoms in total. The number of carbonyl (C=O) groups is 1. The third-order valence-corrected chi connectivity index (χ3v) is 4.38. The van der Waals surface area contributed by atoms with Crippen molar-refractivity contribution < 1.29 is 9.18 Å². The predicted octanol–water partition coefficient (Wildman–Crippen LogP) is 0.939. The predicted molar refractivity (Wildman–Crippen MR) is 89.4 cm³/mol. The molecule has 0 aliphatic heterocycles. The Balaban J connectivity index is 2.06. The molecular formula is C15H18FN5O2S. The van der Waals surface area contributed by atoms with Crippen molar-refractivity contribution in [3.05, 3.63) is 51.7 Å². The largest absolute Gasteiger partial charge is 0.340 e. The van der Waals surface area contributed by atoms with Gasteiger partial charge in [-0.05, 0) is 31.5 Å². The molecular weight excluding hydrogens is 333 g/mol. The Morgan fingerprint density at radius 3 is 2.83 bits per heavy atom. The van der Waals surface area contributed by atoms with E-state index in [9.17, 15) is 14.0 Å². The maximum Gasteiger partial charge on any atom is 0.294 e. The maximum absolute atomic E-state index is 13.2. The summed E-state index contributed by atoms with van der Waals surface area (Å²) in [5.74, 6) is 5.12. The zero-order valence-electron chi connectivity index (χ0n) is 13.6. The Morgan fingerprint density at radius 1 is 1.46 bits per heavy atom. The van der Waals surface area contributed by atoms with E-state index < -0.39 is 10.8 Å². The molecule has 1 amide bonds. The van der Waals surface area contributed by atoms with Crippen LogP contribution in [0.1, 0.15) is 18.2 Å². The number of aryl methyl sites for hydroxylation is 1. The van der Waals surface area contributed by atoms with Crippen LogP contribution in [0, 0.1) is 12.7 Å². The zero-order chi connectivity index (χ0) is 17.9. The van der Waals surface area contributed by atoms with E-state index in [0.29, 0.717) is 5.56 Å². The molecule has 2 rings (SSSR count). The number of benzene rings is 1. The van der Waals surface area contributed by atoms with Gasteiger partial charge < -0.3 is 10.7 Å². The van der Waals surface area contributed by atoms with E-state index in [0.717, 1.165) is 16.4 Å². The number of hydrogen-bond acceptors (Lipinski definition) is 6. The molecule has 128 valence electrons. The van der Waals surface area contributed by atoms with Crippen molar-refractivity contribution in [1.29, 1.82) is 0 Å². The number of nitrogen functional groups attached to an aromatic ring is 1. The summed E-state index contributed by atoms with van der Waals surface area (Å²) in [6.07, 6.45) is 0. The minimum atomic E-state index is -0.533. The van der Waals surface area contributed by atoms with Crippen LogP contribution in [0.2, 0.25) is 0 Å². The first-order chi connectivity index (χ1) is 11.3. The van der Waals surface area contributed by atoms with Crippen molar-refractivity contribution in [2.75, 3.05) is 12.9 Å². The third kappa shape index (κ3) is 4.10. The highest BCUT2D eigenvalue weighted by molar-refractivity contribution is 8.00. The first-order valence-corrected chi connectivity index (χ1v) is 8.05. The van der Waals surface area contributed by atoms with Crippen LogP contribution < -0.4 is 11.4 Å². The number of nitrogens with zero attached hydrogens (tertiary/aromatic N) is 4. The lowest BCUT2D eigenvalue weighted by Gasteiger charge is -2.21. The van der Waals surface area contributed by atoms with E-state index in [1.54, 1.807) is 26.1 Å². The number of hydrogen-bond donors (Lipinski definition) is 1. The summed E-state index contributed by atoms with van der Waals surface area (Å²) in [5, 5.41) is 7.20. The lowest BCUT2D eigenvalue weighted by Crippen LogP contribution is -2.35. The molecule has 2 N–H and O–H groups in total. The smallest absolute Gasteiger partial charge is 0.294 e. The van der Waals surface area contributed by atoms with Crippen molar-refractivity contribution in [2.24, 2.45) is 0 Å². The van der Waals surface area contributed by atoms with Crippen molar-refractivity contribution in [1.82, 2.24) is 19.8 Å². The molecule has 24 heavy (non-hydrogen) atoms. The molecule has 1 atom stereocenters. The first-order valence-electron chi connectivity index (χ1n) is 7.17. The lowest BCUT2D eigenvalue weighted by atomic mass is 10.2. The lowest BCUT2D eigenvalue weighted by molar-refractivity contribution is -0.129. The van der Waals surface area contributed by atoms with Gasteiger partial charge in [-0.25, -0.2) is 4.39 Å². The number of carbonyl (C=O) groups excluding carboxylic acids is 1. The summed E-state index contributed by atoms with van der Waals surface area (Å²) in [6, 6.07) is 6.06. The van der Waals surface area contributed by atoms with Crippen molar-refractivity contribution in [2.45, 2.75) is 30.8 Å². The molecule has 1 aromatic heterocycles. The molecule has 0 spiro atoms. The third-order valence-electron chi connectivity index (χ3n) is 3.33. The number of nitrogens with two attached hydrogens (primary N) is 1. The average molecular weight is 351 g/mol. The Kier molecular flexibility index (Phi) is 5.55. The van der Waals surface area contributed by atoms with Gasteiger partial charge in [-0.2, -0.15) is 4.68 Å². The molecule has 0 fully saturated rings. The molecule has 0 radical (unpaired) electrons. The van der Waals surface area contributed by atoms with Gasteiger partial charge >= 0.3 is 0 Å². The monoisotopic (exact) mass is 351 g/mol. The van der Waals surface area contributed by atoms with Gasteiger partial charge in [0.15, 0.2) is 0 Å². The van der Waals surface area contributed by atoms with Crippen LogP contribution in [0.15, 0.2) is 34.2 Å². The molecule has 0 bridgehead atoms. The van der Waals surface area contributed by atoms with Crippen LogP contribution in [-0.2, 0) is 11.3 Å². The Labute approximate surface area is 142 Å². The molecule has 0 aliphatic rings. The minimum absolute atomic E-state index is 0.158. The highest BCUT2D eigenvalue weighted by Crippen LogP contribution is 2.20. The van der Waals surface area contributed by atoms with Crippen LogP contribution in [0.4, 0.5) is 4.39 Å². The minimum Gasteiger partial charge on any atom is -0.340 e. The number of halogens is 1. The van der Waals surface area contributed by atoms with Gasteiger partial charge in [-0.1, -0.05) is 23.9 Å². The Hall–Kier alpha value is -2.42. The van der Waals surface area contributed by atoms with Gasteiger partial charge in [0.1, 0.15) is 11.5 Å². The second kappa shape index (κ2) is 7.43. The molecule has 1 heterocycles. The molecule has 1 aromatic carbocycles. The fourth-order valence-electron chi connectivity index (χ4n) is 2.06. The van der Waals surface area contributed by atoms with Gasteiger partial charge in [0, 0.05) is 13.6 Å². The fourth-order valence-corrected chi connectivity index (χ4v) is 2.94.